The summed E-state index contributed by atoms with van der Waals surface area (Å²) in [7, 11) is 4.74. The fraction of sp³-hybridized carbons (Fsp3) is 0.290. The number of hydrogen-bond acceptors (Lipinski definition) is 6. The van der Waals surface area contributed by atoms with E-state index in [9.17, 15) is 14.7 Å². The average molecular weight is 516 g/mol. The van der Waals surface area contributed by atoms with Gasteiger partial charge in [-0.3, -0.25) is 9.59 Å². The second-order valence-corrected chi connectivity index (χ2v) is 9.44. The number of rotatable bonds is 9. The summed E-state index contributed by atoms with van der Waals surface area (Å²) < 4.78 is 16.3. The quantitative estimate of drug-likeness (QED) is 0.230. The molecule has 1 fully saturated rings. The third kappa shape index (κ3) is 5.09. The number of likely N-dealkylation sites (tertiary alicyclic amines) is 1. The minimum absolute atomic E-state index is 0.0362. The van der Waals surface area contributed by atoms with Crippen LogP contribution in [0, 0.1) is 0 Å². The lowest BCUT2D eigenvalue weighted by Gasteiger charge is -2.26. The van der Waals surface area contributed by atoms with E-state index in [1.54, 1.807) is 39.5 Å². The molecule has 0 aromatic heterocycles. The zero-order valence-corrected chi connectivity index (χ0v) is 22.4. The number of Topliss-reactive ketones (excluding diaryl/α,β-unsaturated/α-hetero) is 1. The molecular weight excluding hydrogens is 482 g/mol. The molecule has 198 valence electrons. The van der Waals surface area contributed by atoms with Crippen LogP contribution in [0.2, 0.25) is 0 Å². The van der Waals surface area contributed by atoms with Gasteiger partial charge in [0.2, 0.25) is 0 Å². The maximum atomic E-state index is 13.5. The standard InChI is InChI=1S/C31H33NO6/c1-19(2)24-18-21(12-15-26(24)38-5)29(33)27-28(23-8-6-7-9-25(23)37-4)32(31(35)30(27)34)17-16-20-10-13-22(36-3)14-11-20/h6-15,18-19,28,33H,16-17H2,1-5H3/b29-27+. The topological polar surface area (TPSA) is 85.3 Å². The second kappa shape index (κ2) is 11.4. The molecular formula is C31H33NO6. The Bertz CT molecular complexity index is 1360. The van der Waals surface area contributed by atoms with E-state index in [2.05, 4.69) is 0 Å². The number of ether oxygens (including phenoxy) is 3. The molecule has 7 nitrogen and oxygen atoms in total. The first-order chi connectivity index (χ1) is 18.3. The fourth-order valence-electron chi connectivity index (χ4n) is 4.86. The third-order valence-electron chi connectivity index (χ3n) is 6.90. The van der Waals surface area contributed by atoms with Crippen molar-refractivity contribution in [2.75, 3.05) is 27.9 Å². The number of methoxy groups -OCH3 is 3. The summed E-state index contributed by atoms with van der Waals surface area (Å²) in [5.41, 5.74) is 2.99. The van der Waals surface area contributed by atoms with Crippen molar-refractivity contribution in [1.82, 2.24) is 4.90 Å². The van der Waals surface area contributed by atoms with Gasteiger partial charge in [0, 0.05) is 17.7 Å². The maximum Gasteiger partial charge on any atom is 0.295 e. The second-order valence-electron chi connectivity index (χ2n) is 9.44. The lowest BCUT2D eigenvalue weighted by atomic mass is 9.92. The highest BCUT2D eigenvalue weighted by atomic mass is 16.5. The Hall–Kier alpha value is -4.26. The zero-order valence-electron chi connectivity index (χ0n) is 22.4. The molecule has 4 rings (SSSR count). The molecule has 1 saturated heterocycles. The molecule has 38 heavy (non-hydrogen) atoms. The average Bonchev–Trinajstić information content (AvgIpc) is 3.20. The van der Waals surface area contributed by atoms with Gasteiger partial charge in [0.25, 0.3) is 11.7 Å². The van der Waals surface area contributed by atoms with Crippen molar-refractivity contribution in [3.63, 3.8) is 0 Å². The number of amides is 1. The van der Waals surface area contributed by atoms with Crippen LogP contribution in [0.4, 0.5) is 0 Å². The Morgan fingerprint density at radius 2 is 1.58 bits per heavy atom. The summed E-state index contributed by atoms with van der Waals surface area (Å²) >= 11 is 0. The lowest BCUT2D eigenvalue weighted by molar-refractivity contribution is -0.139. The van der Waals surface area contributed by atoms with Gasteiger partial charge in [0.05, 0.1) is 32.9 Å². The SMILES string of the molecule is COc1ccc(CCN2C(=O)C(=O)/C(=C(/O)c3ccc(OC)c(C(C)C)c3)C2c2ccccc2OC)cc1. The van der Waals surface area contributed by atoms with Crippen molar-refractivity contribution in [2.24, 2.45) is 0 Å². The van der Waals surface area contributed by atoms with E-state index < -0.39 is 17.7 Å². The zero-order chi connectivity index (χ0) is 27.4. The molecule has 3 aromatic carbocycles. The van der Waals surface area contributed by atoms with Crippen LogP contribution >= 0.6 is 0 Å². The van der Waals surface area contributed by atoms with Crippen LogP contribution in [0.1, 0.15) is 48.1 Å². The number of hydrogen-bond donors (Lipinski definition) is 1. The van der Waals surface area contributed by atoms with Crippen molar-refractivity contribution < 1.29 is 28.9 Å². The molecule has 1 atom stereocenters. The van der Waals surface area contributed by atoms with E-state index in [0.717, 1.165) is 16.9 Å². The first-order valence-electron chi connectivity index (χ1n) is 12.5. The van der Waals surface area contributed by atoms with Crippen molar-refractivity contribution >= 4 is 17.4 Å². The number of nitrogens with zero attached hydrogens (tertiary/aromatic N) is 1. The van der Waals surface area contributed by atoms with Crippen LogP contribution in [0.15, 0.2) is 72.3 Å². The molecule has 7 heteroatoms. The molecule has 3 aromatic rings. The van der Waals surface area contributed by atoms with Gasteiger partial charge in [0.1, 0.15) is 23.0 Å². The Labute approximate surface area is 223 Å². The van der Waals surface area contributed by atoms with E-state index in [0.29, 0.717) is 29.0 Å². The summed E-state index contributed by atoms with van der Waals surface area (Å²) in [5.74, 6) is 0.465. The van der Waals surface area contributed by atoms with E-state index in [1.807, 2.05) is 62.4 Å². The third-order valence-corrected chi connectivity index (χ3v) is 6.90. The van der Waals surface area contributed by atoms with Gasteiger partial charge in [0.15, 0.2) is 0 Å². The highest BCUT2D eigenvalue weighted by Gasteiger charge is 2.46. The van der Waals surface area contributed by atoms with Crippen LogP contribution < -0.4 is 14.2 Å². The molecule has 0 radical (unpaired) electrons. The number of para-hydroxylation sites is 1. The molecule has 0 saturated carbocycles. The van der Waals surface area contributed by atoms with E-state index >= 15 is 0 Å². The van der Waals surface area contributed by atoms with Crippen molar-refractivity contribution in [2.45, 2.75) is 32.2 Å². The molecule has 1 aliphatic heterocycles. The summed E-state index contributed by atoms with van der Waals surface area (Å²) in [6, 6.07) is 19.3. The molecule has 0 aliphatic carbocycles. The van der Waals surface area contributed by atoms with Crippen molar-refractivity contribution in [1.29, 1.82) is 0 Å². The Morgan fingerprint density at radius 3 is 2.21 bits per heavy atom. The molecule has 1 unspecified atom stereocenters. The minimum Gasteiger partial charge on any atom is -0.507 e. The fourth-order valence-corrected chi connectivity index (χ4v) is 4.86. The summed E-state index contributed by atoms with van der Waals surface area (Å²) in [5, 5.41) is 11.5. The smallest absolute Gasteiger partial charge is 0.295 e. The van der Waals surface area contributed by atoms with Gasteiger partial charge in [-0.15, -0.1) is 0 Å². The largest absolute Gasteiger partial charge is 0.507 e. The molecule has 1 aliphatic rings. The van der Waals surface area contributed by atoms with Crippen molar-refractivity contribution in [3.05, 3.63) is 94.6 Å². The number of ketones is 1. The van der Waals surface area contributed by atoms with Crippen LogP contribution in [0.5, 0.6) is 17.2 Å². The van der Waals surface area contributed by atoms with Crippen LogP contribution in [0.25, 0.3) is 5.76 Å². The maximum absolute atomic E-state index is 13.5. The first kappa shape index (κ1) is 26.8. The van der Waals surface area contributed by atoms with Gasteiger partial charge in [-0.2, -0.15) is 0 Å². The Balaban J connectivity index is 1.82. The van der Waals surface area contributed by atoms with E-state index in [4.69, 9.17) is 14.2 Å². The molecule has 1 amide bonds. The van der Waals surface area contributed by atoms with Gasteiger partial charge in [-0.05, 0) is 59.9 Å². The van der Waals surface area contributed by atoms with Gasteiger partial charge < -0.3 is 24.2 Å². The first-order valence-corrected chi connectivity index (χ1v) is 12.5. The number of carbonyl (C=O) groups excluding carboxylic acids is 2. The molecule has 0 bridgehead atoms. The van der Waals surface area contributed by atoms with E-state index in [-0.39, 0.29) is 23.8 Å². The summed E-state index contributed by atoms with van der Waals surface area (Å²) in [6.45, 7) is 4.32. The van der Waals surface area contributed by atoms with Gasteiger partial charge in [-0.1, -0.05) is 44.2 Å². The van der Waals surface area contributed by atoms with Crippen LogP contribution in [-0.4, -0.2) is 49.6 Å². The highest BCUT2D eigenvalue weighted by molar-refractivity contribution is 6.46. The lowest BCUT2D eigenvalue weighted by Crippen LogP contribution is -2.31. The van der Waals surface area contributed by atoms with Gasteiger partial charge >= 0.3 is 0 Å². The molecule has 1 heterocycles. The predicted molar refractivity (Wildman–Crippen MR) is 146 cm³/mol. The predicted octanol–water partition coefficient (Wildman–Crippen LogP) is 5.50. The number of benzene rings is 3. The molecule has 0 spiro atoms. The minimum atomic E-state index is -0.811. The Morgan fingerprint density at radius 1 is 0.895 bits per heavy atom. The van der Waals surface area contributed by atoms with Crippen LogP contribution in [-0.2, 0) is 16.0 Å². The Kier molecular flexibility index (Phi) is 8.05. The van der Waals surface area contributed by atoms with Crippen LogP contribution in [0.3, 0.4) is 0 Å². The molecule has 1 N–H and O–H groups in total. The number of aliphatic hydroxyl groups excluding tert-OH is 1. The number of aliphatic hydroxyl groups is 1. The normalized spacial score (nSPS) is 16.7. The highest BCUT2D eigenvalue weighted by Crippen LogP contribution is 2.43. The van der Waals surface area contributed by atoms with Gasteiger partial charge in [-0.25, -0.2) is 0 Å². The van der Waals surface area contributed by atoms with E-state index in [1.165, 1.54) is 4.90 Å². The van der Waals surface area contributed by atoms with Crippen molar-refractivity contribution in [3.8, 4) is 17.2 Å². The monoisotopic (exact) mass is 515 g/mol. The number of carbonyl (C=O) groups is 2. The summed E-state index contributed by atoms with van der Waals surface area (Å²) in [6.07, 6.45) is 0.517. The summed E-state index contributed by atoms with van der Waals surface area (Å²) in [4.78, 5) is 28.4.